The second kappa shape index (κ2) is 8.93. The Hall–Kier alpha value is -0.0800. The Morgan fingerprint density at radius 2 is 2.12 bits per heavy atom. The highest BCUT2D eigenvalue weighted by Gasteiger charge is 2.26. The first-order chi connectivity index (χ1) is 8.31. The van der Waals surface area contributed by atoms with Gasteiger partial charge in [-0.05, 0) is 51.5 Å². The summed E-state index contributed by atoms with van der Waals surface area (Å²) in [5.74, 6) is 1.89. The monoisotopic (exact) mass is 241 g/mol. The fourth-order valence-corrected chi connectivity index (χ4v) is 3.23. The van der Waals surface area contributed by atoms with Crippen LogP contribution >= 0.6 is 0 Å². The molecule has 1 fully saturated rings. The van der Waals surface area contributed by atoms with E-state index in [0.717, 1.165) is 25.0 Å². The van der Waals surface area contributed by atoms with Gasteiger partial charge in [0.05, 0.1) is 0 Å². The van der Waals surface area contributed by atoms with E-state index >= 15 is 0 Å². The molecular weight excluding hydrogens is 210 g/mol. The maximum absolute atomic E-state index is 5.43. The van der Waals surface area contributed by atoms with E-state index in [1.807, 2.05) is 0 Å². The Balaban J connectivity index is 2.27. The molecule has 17 heavy (non-hydrogen) atoms. The third kappa shape index (κ3) is 5.39. The maximum Gasteiger partial charge on any atom is 0.0466 e. The van der Waals surface area contributed by atoms with Gasteiger partial charge < -0.3 is 10.1 Å². The van der Waals surface area contributed by atoms with Crippen molar-refractivity contribution in [2.75, 3.05) is 20.3 Å². The third-order valence-corrected chi connectivity index (χ3v) is 4.35. The first-order valence-corrected chi connectivity index (χ1v) is 7.56. The summed E-state index contributed by atoms with van der Waals surface area (Å²) < 4.78 is 5.43. The lowest BCUT2D eigenvalue weighted by Gasteiger charge is -2.34. The molecule has 1 aliphatic rings. The molecule has 102 valence electrons. The topological polar surface area (TPSA) is 21.3 Å². The highest BCUT2D eigenvalue weighted by Crippen LogP contribution is 2.33. The minimum absolute atomic E-state index is 0.713. The molecule has 0 aromatic carbocycles. The number of nitrogens with one attached hydrogen (secondary N) is 1. The summed E-state index contributed by atoms with van der Waals surface area (Å²) in [7, 11) is 2.13. The van der Waals surface area contributed by atoms with Crippen molar-refractivity contribution in [1.29, 1.82) is 0 Å². The summed E-state index contributed by atoms with van der Waals surface area (Å²) in [4.78, 5) is 0. The molecule has 1 aliphatic carbocycles. The molecule has 0 spiro atoms. The SMILES string of the molecule is CCOCCCC(NC)C1CCCC(CC)C1. The average Bonchev–Trinajstić information content (AvgIpc) is 2.39. The van der Waals surface area contributed by atoms with Crippen LogP contribution < -0.4 is 5.32 Å². The molecule has 0 heterocycles. The molecule has 2 nitrogen and oxygen atoms in total. The van der Waals surface area contributed by atoms with Crippen molar-refractivity contribution in [3.63, 3.8) is 0 Å². The van der Waals surface area contributed by atoms with Crippen molar-refractivity contribution < 1.29 is 4.74 Å². The Labute approximate surface area is 108 Å². The van der Waals surface area contributed by atoms with Crippen LogP contribution in [0.2, 0.25) is 0 Å². The molecule has 0 aromatic rings. The van der Waals surface area contributed by atoms with Gasteiger partial charge in [0.25, 0.3) is 0 Å². The molecule has 0 bridgehead atoms. The number of rotatable bonds is 8. The van der Waals surface area contributed by atoms with Gasteiger partial charge in [0, 0.05) is 19.3 Å². The Morgan fingerprint density at radius 3 is 2.76 bits per heavy atom. The zero-order valence-electron chi connectivity index (χ0n) is 12.0. The highest BCUT2D eigenvalue weighted by atomic mass is 16.5. The van der Waals surface area contributed by atoms with E-state index in [9.17, 15) is 0 Å². The van der Waals surface area contributed by atoms with Crippen molar-refractivity contribution in [3.05, 3.63) is 0 Å². The van der Waals surface area contributed by atoms with Gasteiger partial charge in [-0.15, -0.1) is 0 Å². The van der Waals surface area contributed by atoms with E-state index in [0.29, 0.717) is 6.04 Å². The molecule has 0 saturated heterocycles. The second-order valence-electron chi connectivity index (χ2n) is 5.44. The summed E-state index contributed by atoms with van der Waals surface area (Å²) in [6.45, 7) is 6.20. The van der Waals surface area contributed by atoms with Crippen molar-refractivity contribution in [2.45, 2.75) is 64.8 Å². The molecular formula is C15H31NO. The second-order valence-corrected chi connectivity index (χ2v) is 5.44. The molecule has 3 unspecified atom stereocenters. The van der Waals surface area contributed by atoms with E-state index in [1.54, 1.807) is 0 Å². The predicted octanol–water partition coefficient (Wildman–Crippen LogP) is 3.61. The molecule has 0 aliphatic heterocycles. The summed E-state index contributed by atoms with van der Waals surface area (Å²) in [6, 6.07) is 0.713. The zero-order chi connectivity index (χ0) is 12.5. The fraction of sp³-hybridized carbons (Fsp3) is 1.00. The van der Waals surface area contributed by atoms with Crippen LogP contribution in [0.1, 0.15) is 58.8 Å². The minimum Gasteiger partial charge on any atom is -0.382 e. The van der Waals surface area contributed by atoms with Crippen LogP contribution in [0.4, 0.5) is 0 Å². The number of hydrogen-bond donors (Lipinski definition) is 1. The first kappa shape index (κ1) is 15.0. The Kier molecular flexibility index (Phi) is 7.87. The van der Waals surface area contributed by atoms with E-state index in [4.69, 9.17) is 4.74 Å². The maximum atomic E-state index is 5.43. The van der Waals surface area contributed by atoms with Gasteiger partial charge in [0.1, 0.15) is 0 Å². The Morgan fingerprint density at radius 1 is 1.29 bits per heavy atom. The van der Waals surface area contributed by atoms with Crippen LogP contribution in [0, 0.1) is 11.8 Å². The molecule has 2 heteroatoms. The van der Waals surface area contributed by atoms with Gasteiger partial charge in [-0.2, -0.15) is 0 Å². The van der Waals surface area contributed by atoms with Crippen LogP contribution in [0.5, 0.6) is 0 Å². The first-order valence-electron chi connectivity index (χ1n) is 7.56. The molecule has 0 amide bonds. The molecule has 3 atom stereocenters. The fourth-order valence-electron chi connectivity index (χ4n) is 3.23. The standard InChI is InChI=1S/C15H31NO/c1-4-13-8-6-9-14(12-13)15(16-3)10-7-11-17-5-2/h13-16H,4-12H2,1-3H3. The molecule has 1 N–H and O–H groups in total. The smallest absolute Gasteiger partial charge is 0.0466 e. The highest BCUT2D eigenvalue weighted by molar-refractivity contribution is 4.81. The molecule has 1 rings (SSSR count). The van der Waals surface area contributed by atoms with Crippen molar-refractivity contribution in [3.8, 4) is 0 Å². The van der Waals surface area contributed by atoms with E-state index in [1.165, 1.54) is 44.9 Å². The van der Waals surface area contributed by atoms with Crippen molar-refractivity contribution >= 4 is 0 Å². The van der Waals surface area contributed by atoms with Gasteiger partial charge in [0.2, 0.25) is 0 Å². The summed E-state index contributed by atoms with van der Waals surface area (Å²) >= 11 is 0. The largest absolute Gasteiger partial charge is 0.382 e. The van der Waals surface area contributed by atoms with Crippen molar-refractivity contribution in [1.82, 2.24) is 5.32 Å². The predicted molar refractivity (Wildman–Crippen MR) is 74.3 cm³/mol. The number of ether oxygens (including phenoxy) is 1. The van der Waals surface area contributed by atoms with Crippen LogP contribution in [0.15, 0.2) is 0 Å². The summed E-state index contributed by atoms with van der Waals surface area (Å²) in [5, 5.41) is 3.54. The summed E-state index contributed by atoms with van der Waals surface area (Å²) in [5.41, 5.74) is 0. The Bertz CT molecular complexity index is 184. The van der Waals surface area contributed by atoms with E-state index in [2.05, 4.69) is 26.2 Å². The van der Waals surface area contributed by atoms with Gasteiger partial charge in [0.15, 0.2) is 0 Å². The van der Waals surface area contributed by atoms with Gasteiger partial charge in [-0.1, -0.05) is 26.2 Å². The normalized spacial score (nSPS) is 27.0. The molecule has 0 radical (unpaired) electrons. The van der Waals surface area contributed by atoms with E-state index < -0.39 is 0 Å². The number of hydrogen-bond acceptors (Lipinski definition) is 2. The van der Waals surface area contributed by atoms with Gasteiger partial charge in [-0.3, -0.25) is 0 Å². The lowest BCUT2D eigenvalue weighted by Crippen LogP contribution is -2.36. The van der Waals surface area contributed by atoms with Crippen LogP contribution in [-0.2, 0) is 4.74 Å². The van der Waals surface area contributed by atoms with Crippen LogP contribution in [0.3, 0.4) is 0 Å². The molecule has 1 saturated carbocycles. The third-order valence-electron chi connectivity index (χ3n) is 4.35. The quantitative estimate of drug-likeness (QED) is 0.656. The van der Waals surface area contributed by atoms with Crippen LogP contribution in [-0.4, -0.2) is 26.3 Å². The summed E-state index contributed by atoms with van der Waals surface area (Å²) in [6.07, 6.45) is 9.61. The lowest BCUT2D eigenvalue weighted by atomic mass is 9.76. The zero-order valence-corrected chi connectivity index (χ0v) is 12.0. The average molecular weight is 241 g/mol. The molecule has 0 aromatic heterocycles. The van der Waals surface area contributed by atoms with E-state index in [-0.39, 0.29) is 0 Å². The minimum atomic E-state index is 0.713. The van der Waals surface area contributed by atoms with Crippen LogP contribution in [0.25, 0.3) is 0 Å². The lowest BCUT2D eigenvalue weighted by molar-refractivity contribution is 0.133. The van der Waals surface area contributed by atoms with Crippen molar-refractivity contribution in [2.24, 2.45) is 11.8 Å². The van der Waals surface area contributed by atoms with Gasteiger partial charge >= 0.3 is 0 Å². The van der Waals surface area contributed by atoms with Gasteiger partial charge in [-0.25, -0.2) is 0 Å².